The van der Waals surface area contributed by atoms with Crippen molar-refractivity contribution in [3.63, 3.8) is 0 Å². The summed E-state index contributed by atoms with van der Waals surface area (Å²) in [6.45, 7) is 23.2. The van der Waals surface area contributed by atoms with Gasteiger partial charge in [-0.3, -0.25) is 0 Å². The summed E-state index contributed by atoms with van der Waals surface area (Å²) in [6.07, 6.45) is 0. The lowest BCUT2D eigenvalue weighted by molar-refractivity contribution is 0.594. The van der Waals surface area contributed by atoms with Crippen LogP contribution in [0.3, 0.4) is 0 Å². The van der Waals surface area contributed by atoms with Crippen molar-refractivity contribution in [2.75, 3.05) is 9.80 Å². The van der Waals surface area contributed by atoms with Crippen LogP contribution in [-0.4, -0.2) is 8.80 Å². The van der Waals surface area contributed by atoms with Gasteiger partial charge in [0.1, 0.15) is 11.2 Å². The SMILES string of the molecule is CC(C)c1ccc(N(c2cccc3c2oc2ccccc23)c2ccc3c4cc5c(cc4n4c6c(C(C)(C)C)cccc6c2c34)c2ccc(N(c3ccc(C(C)C)cc3)c3cccc4c3oc3ccccc34)c3c4cccc(C(C)(C)C)c4n5c23)cc1. The first-order valence-corrected chi connectivity index (χ1v) is 30.6. The molecule has 6 heterocycles. The van der Waals surface area contributed by atoms with Crippen LogP contribution in [0.25, 0.3) is 120 Å². The molecule has 0 aliphatic carbocycles. The topological polar surface area (TPSA) is 41.6 Å². The van der Waals surface area contributed by atoms with Crippen LogP contribution in [0.2, 0.25) is 0 Å². The summed E-state index contributed by atoms with van der Waals surface area (Å²) in [5.41, 5.74) is 22.1. The Hall–Kier alpha value is -9.78. The maximum Gasteiger partial charge on any atom is 0.159 e. The number of nitrogens with zero attached hydrogens (tertiary/aromatic N) is 4. The van der Waals surface area contributed by atoms with Crippen molar-refractivity contribution < 1.29 is 8.83 Å². The van der Waals surface area contributed by atoms with Gasteiger partial charge in [-0.1, -0.05) is 203 Å². The van der Waals surface area contributed by atoms with E-state index in [0.717, 1.165) is 78.0 Å². The van der Waals surface area contributed by atoms with Crippen molar-refractivity contribution >= 4 is 154 Å². The number of benzene rings is 11. The van der Waals surface area contributed by atoms with Gasteiger partial charge in [-0.25, -0.2) is 0 Å². The third kappa shape index (κ3) is 7.01. The van der Waals surface area contributed by atoms with Crippen LogP contribution in [0.4, 0.5) is 34.1 Å². The fraction of sp³-hybridized carbons (Fsp3) is 0.175. The highest BCUT2D eigenvalue weighted by Crippen LogP contribution is 2.55. The van der Waals surface area contributed by atoms with E-state index in [4.69, 9.17) is 8.83 Å². The smallest absolute Gasteiger partial charge is 0.159 e. The van der Waals surface area contributed by atoms with E-state index in [1.807, 2.05) is 0 Å². The standard InChI is InChI=1S/C80H66N4O2/c1-45(2)47-31-35-49(36-32-47)81(65-27-17-21-55-51-19-11-13-29-69(51)85-77(55)65)63-41-39-53-59-43-68-60(44-67(59)83-73-57(71(63)75(53)83)23-15-25-61(73)79(5,6)7)54-40-42-64(72-58-24-16-26-62(80(8,9)10)74(58)84(68)76(54)72)82(50-37-33-48(34-38-50)46(3)4)66-28-18-22-56-52-20-12-14-30-70(52)86-78(56)66/h11-46H,1-10H3. The molecule has 17 rings (SSSR count). The van der Waals surface area contributed by atoms with Crippen molar-refractivity contribution in [3.8, 4) is 0 Å². The quantitative estimate of drug-likeness (QED) is 0.152. The van der Waals surface area contributed by atoms with Gasteiger partial charge >= 0.3 is 0 Å². The van der Waals surface area contributed by atoms with Crippen molar-refractivity contribution in [2.45, 2.75) is 91.9 Å². The Balaban J connectivity index is 0.991. The highest BCUT2D eigenvalue weighted by molar-refractivity contribution is 6.33. The summed E-state index contributed by atoms with van der Waals surface area (Å²) in [7, 11) is 0. The molecule has 6 aromatic heterocycles. The van der Waals surface area contributed by atoms with Crippen molar-refractivity contribution in [2.24, 2.45) is 0 Å². The maximum atomic E-state index is 6.93. The number of hydrogen-bond donors (Lipinski definition) is 0. The number of aromatic nitrogens is 2. The third-order valence-corrected chi connectivity index (χ3v) is 19.0. The minimum atomic E-state index is -0.171. The second kappa shape index (κ2) is 17.9. The first-order chi connectivity index (χ1) is 41.6. The van der Waals surface area contributed by atoms with Gasteiger partial charge in [0.2, 0.25) is 0 Å². The van der Waals surface area contributed by atoms with Gasteiger partial charge in [0, 0.05) is 76.0 Å². The second-order valence-electron chi connectivity index (χ2n) is 26.8. The molecule has 0 N–H and O–H groups in total. The number of anilines is 6. The molecule has 0 saturated carbocycles. The lowest BCUT2D eigenvalue weighted by Crippen LogP contribution is -2.12. The molecule has 0 atom stereocenters. The van der Waals surface area contributed by atoms with E-state index in [1.165, 1.54) is 98.4 Å². The maximum absolute atomic E-state index is 6.93. The highest BCUT2D eigenvalue weighted by atomic mass is 16.3. The molecule has 0 amide bonds. The van der Waals surface area contributed by atoms with Crippen molar-refractivity contribution in [1.29, 1.82) is 0 Å². The molecule has 6 nitrogen and oxygen atoms in total. The van der Waals surface area contributed by atoms with Gasteiger partial charge in [-0.05, 0) is 118 Å². The van der Waals surface area contributed by atoms with Gasteiger partial charge in [0.05, 0.1) is 55.8 Å². The highest BCUT2D eigenvalue weighted by Gasteiger charge is 2.33. The zero-order valence-corrected chi connectivity index (χ0v) is 50.4. The Morgan fingerprint density at radius 2 is 0.698 bits per heavy atom. The van der Waals surface area contributed by atoms with Crippen LogP contribution in [-0.2, 0) is 10.8 Å². The Kier molecular flexibility index (Phi) is 10.5. The van der Waals surface area contributed by atoms with Crippen LogP contribution in [0.15, 0.2) is 215 Å². The first-order valence-electron chi connectivity index (χ1n) is 30.6. The van der Waals surface area contributed by atoms with Crippen LogP contribution in [0, 0.1) is 0 Å². The summed E-state index contributed by atoms with van der Waals surface area (Å²) in [6, 6.07) is 77.1. The van der Waals surface area contributed by atoms with E-state index < -0.39 is 0 Å². The van der Waals surface area contributed by atoms with Gasteiger partial charge in [0.15, 0.2) is 11.2 Å². The Bertz CT molecular complexity index is 5270. The van der Waals surface area contributed by atoms with E-state index in [2.05, 4.69) is 294 Å². The van der Waals surface area contributed by atoms with E-state index in [9.17, 15) is 0 Å². The molecule has 0 spiro atoms. The number of fused-ring (bicyclic) bond motifs is 18. The van der Waals surface area contributed by atoms with E-state index in [1.54, 1.807) is 0 Å². The van der Waals surface area contributed by atoms with E-state index in [-0.39, 0.29) is 10.8 Å². The lowest BCUT2D eigenvalue weighted by atomic mass is 9.85. The van der Waals surface area contributed by atoms with Crippen LogP contribution < -0.4 is 9.80 Å². The molecule has 11 aromatic carbocycles. The molecule has 86 heavy (non-hydrogen) atoms. The van der Waals surface area contributed by atoms with Gasteiger partial charge in [-0.2, -0.15) is 0 Å². The summed E-state index contributed by atoms with van der Waals surface area (Å²) in [5, 5.41) is 14.2. The Labute approximate surface area is 499 Å². The number of hydrogen-bond acceptors (Lipinski definition) is 4. The van der Waals surface area contributed by atoms with Crippen molar-refractivity contribution in [3.05, 3.63) is 229 Å². The number of furan rings is 2. The molecule has 0 fully saturated rings. The first kappa shape index (κ1) is 50.7. The van der Waals surface area contributed by atoms with Gasteiger partial charge in [-0.15, -0.1) is 0 Å². The fourth-order valence-corrected chi connectivity index (χ4v) is 14.9. The van der Waals surface area contributed by atoms with Gasteiger partial charge in [0.25, 0.3) is 0 Å². The summed E-state index contributed by atoms with van der Waals surface area (Å²) in [4.78, 5) is 4.93. The number of rotatable bonds is 8. The molecule has 0 aliphatic heterocycles. The zero-order chi connectivity index (χ0) is 58.4. The third-order valence-electron chi connectivity index (χ3n) is 19.0. The summed E-state index contributed by atoms with van der Waals surface area (Å²) >= 11 is 0. The van der Waals surface area contributed by atoms with Crippen molar-refractivity contribution in [1.82, 2.24) is 8.80 Å². The Morgan fingerprint density at radius 1 is 0.326 bits per heavy atom. The average molecular weight is 1120 g/mol. The normalized spacial score (nSPS) is 13.0. The minimum absolute atomic E-state index is 0.171. The predicted molar refractivity (Wildman–Crippen MR) is 365 cm³/mol. The molecular weight excluding hydrogens is 1050 g/mol. The average Bonchev–Trinajstić information content (AvgIpc) is 1.54. The summed E-state index contributed by atoms with van der Waals surface area (Å²) in [5.74, 6) is 0.789. The van der Waals surface area contributed by atoms with E-state index >= 15 is 0 Å². The molecule has 418 valence electrons. The second-order valence-corrected chi connectivity index (χ2v) is 26.8. The predicted octanol–water partition coefficient (Wildman–Crippen LogP) is 23.6. The lowest BCUT2D eigenvalue weighted by Gasteiger charge is -2.27. The van der Waals surface area contributed by atoms with Gasteiger partial charge < -0.3 is 27.4 Å². The van der Waals surface area contributed by atoms with E-state index in [0.29, 0.717) is 11.8 Å². The molecule has 0 unspecified atom stereocenters. The largest absolute Gasteiger partial charge is 0.454 e. The number of para-hydroxylation sites is 6. The fourth-order valence-electron chi connectivity index (χ4n) is 14.9. The van der Waals surface area contributed by atoms with Crippen LogP contribution >= 0.6 is 0 Å². The molecule has 0 saturated heterocycles. The molecular formula is C80H66N4O2. The van der Waals surface area contributed by atoms with Crippen LogP contribution in [0.5, 0.6) is 0 Å². The zero-order valence-electron chi connectivity index (χ0n) is 50.4. The van der Waals surface area contributed by atoms with Crippen LogP contribution in [0.1, 0.15) is 103 Å². The minimum Gasteiger partial charge on any atom is -0.454 e. The molecule has 0 bridgehead atoms. The summed E-state index contributed by atoms with van der Waals surface area (Å²) < 4.78 is 19.1. The molecule has 0 radical (unpaired) electrons. The molecule has 6 heteroatoms. The molecule has 0 aliphatic rings. The Morgan fingerprint density at radius 3 is 1.09 bits per heavy atom. The molecule has 17 aromatic rings. The monoisotopic (exact) mass is 1110 g/mol.